The predicted octanol–water partition coefficient (Wildman–Crippen LogP) is 3.33. The molecule has 2 aromatic rings. The molecule has 110 valence electrons. The first-order chi connectivity index (χ1) is 9.63. The van der Waals surface area contributed by atoms with Crippen molar-refractivity contribution in [2.75, 3.05) is 13.2 Å². The van der Waals surface area contributed by atoms with Crippen LogP contribution < -0.4 is 5.32 Å². The van der Waals surface area contributed by atoms with E-state index in [0.29, 0.717) is 12.0 Å². The fourth-order valence-electron chi connectivity index (χ4n) is 2.54. The molecule has 0 amide bonds. The smallest absolute Gasteiger partial charge is 0.0622 e. The van der Waals surface area contributed by atoms with E-state index in [-0.39, 0.29) is 0 Å². The molecule has 0 saturated carbocycles. The van der Waals surface area contributed by atoms with Crippen molar-refractivity contribution in [2.24, 2.45) is 13.0 Å². The first kappa shape index (κ1) is 15.1. The number of ether oxygens (including phenoxy) is 1. The van der Waals surface area contributed by atoms with E-state index in [1.54, 1.807) is 0 Å². The molecule has 1 aromatic heterocycles. The first-order valence-electron chi connectivity index (χ1n) is 7.47. The average Bonchev–Trinajstić information content (AvgIpc) is 2.76. The van der Waals surface area contributed by atoms with Crippen LogP contribution in [0, 0.1) is 5.92 Å². The molecule has 0 aliphatic rings. The van der Waals surface area contributed by atoms with Crippen LogP contribution in [0.3, 0.4) is 0 Å². The lowest BCUT2D eigenvalue weighted by Crippen LogP contribution is -2.37. The van der Waals surface area contributed by atoms with Crippen LogP contribution in [0.15, 0.2) is 30.5 Å². The molecule has 1 N–H and O–H groups in total. The van der Waals surface area contributed by atoms with Gasteiger partial charge in [0.25, 0.3) is 0 Å². The van der Waals surface area contributed by atoms with Gasteiger partial charge in [0, 0.05) is 43.3 Å². The Hall–Kier alpha value is -1.32. The third-order valence-electron chi connectivity index (χ3n) is 3.84. The Balaban J connectivity index is 2.08. The number of hydrogen-bond acceptors (Lipinski definition) is 2. The summed E-state index contributed by atoms with van der Waals surface area (Å²) in [5, 5.41) is 4.97. The SMILES string of the molecule is CCOCC(NCc1cn(C)c2ccccc12)C(C)C. The molecule has 3 nitrogen and oxygen atoms in total. The van der Waals surface area contributed by atoms with Gasteiger partial charge < -0.3 is 14.6 Å². The van der Waals surface area contributed by atoms with Crippen molar-refractivity contribution in [3.05, 3.63) is 36.0 Å². The topological polar surface area (TPSA) is 26.2 Å². The van der Waals surface area contributed by atoms with E-state index in [9.17, 15) is 0 Å². The molecule has 1 atom stereocenters. The van der Waals surface area contributed by atoms with Crippen LogP contribution in [-0.4, -0.2) is 23.8 Å². The first-order valence-corrected chi connectivity index (χ1v) is 7.47. The minimum absolute atomic E-state index is 0.397. The van der Waals surface area contributed by atoms with Crippen LogP contribution in [0.25, 0.3) is 10.9 Å². The van der Waals surface area contributed by atoms with Crippen molar-refractivity contribution < 1.29 is 4.74 Å². The second-order valence-corrected chi connectivity index (χ2v) is 5.67. The highest BCUT2D eigenvalue weighted by molar-refractivity contribution is 5.83. The molecule has 20 heavy (non-hydrogen) atoms. The standard InChI is InChI=1S/C17H26N2O/c1-5-20-12-16(13(2)3)18-10-14-11-19(4)17-9-7-6-8-15(14)17/h6-9,11,13,16,18H,5,10,12H2,1-4H3. The maximum atomic E-state index is 5.57. The molecule has 1 aromatic carbocycles. The zero-order valence-electron chi connectivity index (χ0n) is 13.0. The molecule has 0 spiro atoms. The zero-order chi connectivity index (χ0) is 14.5. The second-order valence-electron chi connectivity index (χ2n) is 5.67. The van der Waals surface area contributed by atoms with E-state index in [2.05, 4.69) is 61.2 Å². The number of para-hydroxylation sites is 1. The summed E-state index contributed by atoms with van der Waals surface area (Å²) >= 11 is 0. The third kappa shape index (κ3) is 3.41. The molecule has 0 saturated heterocycles. The number of nitrogens with zero attached hydrogens (tertiary/aromatic N) is 1. The Morgan fingerprint density at radius 3 is 2.70 bits per heavy atom. The Morgan fingerprint density at radius 2 is 2.00 bits per heavy atom. The summed E-state index contributed by atoms with van der Waals surface area (Å²) in [4.78, 5) is 0. The minimum atomic E-state index is 0.397. The van der Waals surface area contributed by atoms with Crippen molar-refractivity contribution in [3.8, 4) is 0 Å². The van der Waals surface area contributed by atoms with Crippen LogP contribution >= 0.6 is 0 Å². The Labute approximate surface area is 121 Å². The van der Waals surface area contributed by atoms with E-state index < -0.39 is 0 Å². The van der Waals surface area contributed by atoms with Gasteiger partial charge in [-0.2, -0.15) is 0 Å². The number of benzene rings is 1. The van der Waals surface area contributed by atoms with Crippen molar-refractivity contribution in [1.29, 1.82) is 0 Å². The van der Waals surface area contributed by atoms with E-state index in [4.69, 9.17) is 4.74 Å². The van der Waals surface area contributed by atoms with E-state index in [0.717, 1.165) is 19.8 Å². The number of nitrogens with one attached hydrogen (secondary N) is 1. The largest absolute Gasteiger partial charge is 0.380 e. The number of aromatic nitrogens is 1. The van der Waals surface area contributed by atoms with Gasteiger partial charge in [0.2, 0.25) is 0 Å². The van der Waals surface area contributed by atoms with Crippen LogP contribution in [0.5, 0.6) is 0 Å². The summed E-state index contributed by atoms with van der Waals surface area (Å²) in [5.41, 5.74) is 2.64. The van der Waals surface area contributed by atoms with E-state index in [1.807, 2.05) is 6.92 Å². The second kappa shape index (κ2) is 6.91. The number of fused-ring (bicyclic) bond motifs is 1. The number of aryl methyl sites for hydroxylation is 1. The third-order valence-corrected chi connectivity index (χ3v) is 3.84. The summed E-state index contributed by atoms with van der Waals surface area (Å²) < 4.78 is 7.76. The van der Waals surface area contributed by atoms with Crippen LogP contribution in [-0.2, 0) is 18.3 Å². The van der Waals surface area contributed by atoms with Gasteiger partial charge in [-0.3, -0.25) is 0 Å². The monoisotopic (exact) mass is 274 g/mol. The highest BCUT2D eigenvalue weighted by atomic mass is 16.5. The highest BCUT2D eigenvalue weighted by Crippen LogP contribution is 2.20. The van der Waals surface area contributed by atoms with Crippen LogP contribution in [0.4, 0.5) is 0 Å². The van der Waals surface area contributed by atoms with Gasteiger partial charge in [0.1, 0.15) is 0 Å². The molecule has 2 rings (SSSR count). The van der Waals surface area contributed by atoms with E-state index in [1.165, 1.54) is 16.5 Å². The van der Waals surface area contributed by atoms with E-state index >= 15 is 0 Å². The summed E-state index contributed by atoms with van der Waals surface area (Å²) in [6.07, 6.45) is 2.22. The molecule has 0 fully saturated rings. The summed E-state index contributed by atoms with van der Waals surface area (Å²) in [5.74, 6) is 0.566. The van der Waals surface area contributed by atoms with Gasteiger partial charge >= 0.3 is 0 Å². The molecule has 1 heterocycles. The fourth-order valence-corrected chi connectivity index (χ4v) is 2.54. The van der Waals surface area contributed by atoms with Gasteiger partial charge in [-0.05, 0) is 24.5 Å². The maximum Gasteiger partial charge on any atom is 0.0622 e. The van der Waals surface area contributed by atoms with Crippen molar-refractivity contribution in [2.45, 2.75) is 33.4 Å². The van der Waals surface area contributed by atoms with Gasteiger partial charge in [0.05, 0.1) is 6.61 Å². The normalized spacial score (nSPS) is 13.2. The lowest BCUT2D eigenvalue weighted by molar-refractivity contribution is 0.108. The molecular formula is C17H26N2O. The molecular weight excluding hydrogens is 248 g/mol. The molecule has 0 aliphatic carbocycles. The summed E-state index contributed by atoms with van der Waals surface area (Å²) in [6, 6.07) is 8.95. The van der Waals surface area contributed by atoms with Crippen LogP contribution in [0.2, 0.25) is 0 Å². The number of rotatable bonds is 7. The van der Waals surface area contributed by atoms with Crippen molar-refractivity contribution >= 4 is 10.9 Å². The van der Waals surface area contributed by atoms with Crippen molar-refractivity contribution in [3.63, 3.8) is 0 Å². The van der Waals surface area contributed by atoms with Gasteiger partial charge in [0.15, 0.2) is 0 Å². The Kier molecular flexibility index (Phi) is 5.21. The molecule has 0 radical (unpaired) electrons. The quantitative estimate of drug-likeness (QED) is 0.838. The summed E-state index contributed by atoms with van der Waals surface area (Å²) in [6.45, 7) is 8.96. The predicted molar refractivity (Wildman–Crippen MR) is 84.9 cm³/mol. The van der Waals surface area contributed by atoms with Gasteiger partial charge in [-0.15, -0.1) is 0 Å². The summed E-state index contributed by atoms with van der Waals surface area (Å²) in [7, 11) is 2.10. The fraction of sp³-hybridized carbons (Fsp3) is 0.529. The van der Waals surface area contributed by atoms with Gasteiger partial charge in [-0.1, -0.05) is 32.0 Å². The maximum absolute atomic E-state index is 5.57. The molecule has 3 heteroatoms. The Morgan fingerprint density at radius 1 is 1.25 bits per heavy atom. The highest BCUT2D eigenvalue weighted by Gasteiger charge is 2.14. The lowest BCUT2D eigenvalue weighted by atomic mass is 10.0. The molecule has 0 bridgehead atoms. The van der Waals surface area contributed by atoms with Crippen LogP contribution in [0.1, 0.15) is 26.3 Å². The Bertz CT molecular complexity index is 545. The zero-order valence-corrected chi connectivity index (χ0v) is 13.0. The van der Waals surface area contributed by atoms with Gasteiger partial charge in [-0.25, -0.2) is 0 Å². The number of hydrogen-bond donors (Lipinski definition) is 1. The minimum Gasteiger partial charge on any atom is -0.380 e. The van der Waals surface area contributed by atoms with Crippen molar-refractivity contribution in [1.82, 2.24) is 9.88 Å². The average molecular weight is 274 g/mol. The lowest BCUT2D eigenvalue weighted by Gasteiger charge is -2.22. The molecule has 1 unspecified atom stereocenters. The molecule has 0 aliphatic heterocycles.